The van der Waals surface area contributed by atoms with E-state index in [0.29, 0.717) is 38.2 Å². The van der Waals surface area contributed by atoms with E-state index in [2.05, 4.69) is 14.6 Å². The Balaban J connectivity index is 1.36. The first-order chi connectivity index (χ1) is 18.0. The molecule has 13 heteroatoms. The van der Waals surface area contributed by atoms with E-state index in [-0.39, 0.29) is 37.8 Å². The van der Waals surface area contributed by atoms with Crippen LogP contribution in [0.15, 0.2) is 48.7 Å². The monoisotopic (exact) mass is 557 g/mol. The van der Waals surface area contributed by atoms with Gasteiger partial charge in [0, 0.05) is 38.9 Å². The van der Waals surface area contributed by atoms with Gasteiger partial charge in [0.05, 0.1) is 12.8 Å². The number of ether oxygens (including phenoxy) is 3. The molecule has 208 valence electrons. The molecule has 38 heavy (non-hydrogen) atoms. The van der Waals surface area contributed by atoms with E-state index < -0.39 is 27.1 Å². The zero-order valence-electron chi connectivity index (χ0n) is 20.9. The lowest BCUT2D eigenvalue weighted by Crippen LogP contribution is -2.60. The smallest absolute Gasteiger partial charge is 0.490 e. The number of carbonyl (C=O) groups is 1. The summed E-state index contributed by atoms with van der Waals surface area (Å²) < 4.78 is 79.0. The summed E-state index contributed by atoms with van der Waals surface area (Å²) in [6.45, 7) is 1.67. The van der Waals surface area contributed by atoms with Gasteiger partial charge in [0.25, 0.3) is 0 Å². The number of likely N-dealkylation sites (tertiary alicyclic amines) is 1. The number of esters is 1. The lowest BCUT2D eigenvalue weighted by molar-refractivity contribution is -0.274. The molecule has 0 spiro atoms. The molecule has 2 aromatic rings. The van der Waals surface area contributed by atoms with Crippen LogP contribution in [0.5, 0.6) is 11.5 Å². The first-order valence-electron chi connectivity index (χ1n) is 12.3. The van der Waals surface area contributed by atoms with Crippen molar-refractivity contribution in [3.05, 3.63) is 54.4 Å². The average molecular weight is 558 g/mol. The summed E-state index contributed by atoms with van der Waals surface area (Å²) in [5, 5.41) is 0. The van der Waals surface area contributed by atoms with Crippen molar-refractivity contribution in [2.24, 2.45) is 0 Å². The minimum atomic E-state index is -4.78. The summed E-state index contributed by atoms with van der Waals surface area (Å²) in [6.07, 6.45) is -2.46. The van der Waals surface area contributed by atoms with E-state index >= 15 is 0 Å². The number of carbonyl (C=O) groups excluding carboxylic acids is 1. The molecule has 3 heterocycles. The standard InChI is InChI=1S/C25H30F3N3O6S/c1-35-23(32)24(11-16-30(17-12-24)18-19-4-2-3-13-29-19)38(33,34)31-14-9-21(10-15-31)36-20-5-7-22(8-6-20)37-25(26,27)28/h2-8,13,21H,9-12,14-18H2,1H3. The summed E-state index contributed by atoms with van der Waals surface area (Å²) in [5.74, 6) is -0.758. The normalized spacial score (nSPS) is 19.6. The summed E-state index contributed by atoms with van der Waals surface area (Å²) in [7, 11) is -2.84. The van der Waals surface area contributed by atoms with Crippen LogP contribution >= 0.6 is 0 Å². The highest BCUT2D eigenvalue weighted by Crippen LogP contribution is 2.36. The van der Waals surface area contributed by atoms with Crippen LogP contribution < -0.4 is 9.47 Å². The molecule has 0 aliphatic carbocycles. The second-order valence-electron chi connectivity index (χ2n) is 9.32. The molecule has 0 atom stereocenters. The predicted octanol–water partition coefficient (Wildman–Crippen LogP) is 3.36. The third kappa shape index (κ3) is 6.38. The van der Waals surface area contributed by atoms with Crippen LogP contribution in [-0.4, -0.2) is 79.1 Å². The molecule has 0 unspecified atom stereocenters. The fourth-order valence-corrected chi connectivity index (χ4v) is 7.07. The summed E-state index contributed by atoms with van der Waals surface area (Å²) >= 11 is 0. The topological polar surface area (TPSA) is 98.3 Å². The Kier molecular flexibility index (Phi) is 8.48. The Hall–Kier alpha value is -2.90. The number of methoxy groups -OCH3 is 1. The number of hydrogen-bond donors (Lipinski definition) is 0. The predicted molar refractivity (Wildman–Crippen MR) is 131 cm³/mol. The number of benzene rings is 1. The molecule has 2 aliphatic rings. The zero-order valence-corrected chi connectivity index (χ0v) is 21.7. The third-order valence-corrected chi connectivity index (χ3v) is 9.54. The average Bonchev–Trinajstić information content (AvgIpc) is 2.90. The zero-order chi connectivity index (χ0) is 27.4. The van der Waals surface area contributed by atoms with Crippen LogP contribution in [-0.2, 0) is 26.1 Å². The number of piperidine rings is 2. The number of halogens is 3. The highest BCUT2D eigenvalue weighted by Gasteiger charge is 2.56. The third-order valence-electron chi connectivity index (χ3n) is 6.93. The van der Waals surface area contributed by atoms with Gasteiger partial charge in [-0.05, 0) is 62.1 Å². The molecular weight excluding hydrogens is 527 g/mol. The van der Waals surface area contributed by atoms with Crippen molar-refractivity contribution in [1.82, 2.24) is 14.2 Å². The Morgan fingerprint density at radius 1 is 1.03 bits per heavy atom. The fourth-order valence-electron chi connectivity index (χ4n) is 4.90. The Labute approximate surface area is 219 Å². The lowest BCUT2D eigenvalue weighted by atomic mass is 9.95. The van der Waals surface area contributed by atoms with Crippen molar-refractivity contribution >= 4 is 16.0 Å². The van der Waals surface area contributed by atoms with Crippen molar-refractivity contribution in [2.45, 2.75) is 49.4 Å². The molecule has 2 fully saturated rings. The van der Waals surface area contributed by atoms with Crippen LogP contribution in [0, 0.1) is 0 Å². The molecule has 0 amide bonds. The lowest BCUT2D eigenvalue weighted by Gasteiger charge is -2.42. The maximum atomic E-state index is 13.8. The van der Waals surface area contributed by atoms with Gasteiger partial charge in [-0.2, -0.15) is 0 Å². The summed E-state index contributed by atoms with van der Waals surface area (Å²) in [5.41, 5.74) is 0.866. The van der Waals surface area contributed by atoms with Gasteiger partial charge in [-0.15, -0.1) is 13.2 Å². The van der Waals surface area contributed by atoms with Gasteiger partial charge in [0.15, 0.2) is 4.75 Å². The number of pyridine rings is 1. The van der Waals surface area contributed by atoms with E-state index in [1.165, 1.54) is 23.5 Å². The number of hydrogen-bond acceptors (Lipinski definition) is 8. The van der Waals surface area contributed by atoms with Crippen LogP contribution in [0.25, 0.3) is 0 Å². The molecule has 2 aliphatic heterocycles. The van der Waals surface area contributed by atoms with E-state index in [1.54, 1.807) is 6.20 Å². The second kappa shape index (κ2) is 11.5. The minimum Gasteiger partial charge on any atom is -0.490 e. The number of alkyl halides is 3. The van der Waals surface area contributed by atoms with Gasteiger partial charge in [-0.25, -0.2) is 12.7 Å². The van der Waals surface area contributed by atoms with Crippen molar-refractivity contribution in [3.63, 3.8) is 0 Å². The first-order valence-corrected chi connectivity index (χ1v) is 13.7. The van der Waals surface area contributed by atoms with Crippen LogP contribution in [0.2, 0.25) is 0 Å². The van der Waals surface area contributed by atoms with Gasteiger partial charge in [0.1, 0.15) is 17.6 Å². The SMILES string of the molecule is COC(=O)C1(S(=O)(=O)N2CCC(Oc3ccc(OC(F)(F)F)cc3)CC2)CCN(Cc2ccccn2)CC1. The van der Waals surface area contributed by atoms with E-state index in [9.17, 15) is 26.4 Å². The van der Waals surface area contributed by atoms with Crippen molar-refractivity contribution in [1.29, 1.82) is 0 Å². The fraction of sp³-hybridized carbons (Fsp3) is 0.520. The molecular formula is C25H30F3N3O6S. The summed E-state index contributed by atoms with van der Waals surface area (Å²) in [4.78, 5) is 19.3. The van der Waals surface area contributed by atoms with Gasteiger partial charge >= 0.3 is 12.3 Å². The van der Waals surface area contributed by atoms with Crippen LogP contribution in [0.4, 0.5) is 13.2 Å². The molecule has 0 saturated carbocycles. The van der Waals surface area contributed by atoms with Crippen molar-refractivity contribution in [3.8, 4) is 11.5 Å². The van der Waals surface area contributed by atoms with Gasteiger partial charge in [-0.1, -0.05) is 6.07 Å². The van der Waals surface area contributed by atoms with Crippen LogP contribution in [0.1, 0.15) is 31.4 Å². The second-order valence-corrected chi connectivity index (χ2v) is 11.6. The minimum absolute atomic E-state index is 0.109. The number of rotatable bonds is 8. The number of nitrogens with zero attached hydrogens (tertiary/aromatic N) is 3. The Bertz CT molecular complexity index is 1180. The molecule has 4 rings (SSSR count). The number of aromatic nitrogens is 1. The first kappa shape index (κ1) is 28.1. The molecule has 9 nitrogen and oxygen atoms in total. The van der Waals surface area contributed by atoms with Gasteiger partial charge in [0.2, 0.25) is 10.0 Å². The highest BCUT2D eigenvalue weighted by molar-refractivity contribution is 7.91. The molecule has 2 saturated heterocycles. The van der Waals surface area contributed by atoms with Gasteiger partial charge in [-0.3, -0.25) is 14.7 Å². The molecule has 1 aromatic carbocycles. The maximum Gasteiger partial charge on any atom is 0.573 e. The molecule has 0 N–H and O–H groups in total. The quantitative estimate of drug-likeness (QED) is 0.456. The van der Waals surface area contributed by atoms with E-state index in [1.807, 2.05) is 18.2 Å². The van der Waals surface area contributed by atoms with Gasteiger partial charge < -0.3 is 14.2 Å². The summed E-state index contributed by atoms with van der Waals surface area (Å²) in [6, 6.07) is 10.7. The Morgan fingerprint density at radius 2 is 1.66 bits per heavy atom. The van der Waals surface area contributed by atoms with E-state index in [0.717, 1.165) is 17.8 Å². The molecule has 0 bridgehead atoms. The Morgan fingerprint density at radius 3 is 2.21 bits per heavy atom. The molecule has 1 aromatic heterocycles. The van der Waals surface area contributed by atoms with E-state index in [4.69, 9.17) is 9.47 Å². The highest BCUT2D eigenvalue weighted by atomic mass is 32.2. The van der Waals surface area contributed by atoms with Crippen molar-refractivity contribution in [2.75, 3.05) is 33.3 Å². The largest absolute Gasteiger partial charge is 0.573 e. The maximum absolute atomic E-state index is 13.8. The van der Waals surface area contributed by atoms with Crippen molar-refractivity contribution < 1.29 is 40.6 Å². The van der Waals surface area contributed by atoms with Crippen LogP contribution in [0.3, 0.4) is 0 Å². The number of sulfonamides is 1. The molecule has 0 radical (unpaired) electrons.